The summed E-state index contributed by atoms with van der Waals surface area (Å²) in [5.74, 6) is 0.466. The summed E-state index contributed by atoms with van der Waals surface area (Å²) >= 11 is 6.22. The van der Waals surface area contributed by atoms with Crippen molar-refractivity contribution in [2.45, 2.75) is 6.04 Å². The van der Waals surface area contributed by atoms with Crippen molar-refractivity contribution in [2.75, 3.05) is 38.6 Å². The lowest BCUT2D eigenvalue weighted by Gasteiger charge is -2.39. The van der Waals surface area contributed by atoms with Gasteiger partial charge in [-0.05, 0) is 29.8 Å². The third kappa shape index (κ3) is 5.35. The van der Waals surface area contributed by atoms with Gasteiger partial charge in [-0.2, -0.15) is 0 Å². The van der Waals surface area contributed by atoms with Crippen molar-refractivity contribution in [2.24, 2.45) is 0 Å². The molecule has 6 nitrogen and oxygen atoms in total. The predicted octanol–water partition coefficient (Wildman–Crippen LogP) is 4.49. The Morgan fingerprint density at radius 2 is 1.61 bits per heavy atom. The summed E-state index contributed by atoms with van der Waals surface area (Å²) in [5, 5.41) is 3.47. The standard InChI is InChI=1S/C26H26ClN3O3/c1-33-21-11-7-10-20(18-21)28-25(31)24(19-8-3-2-4-9-19)29-14-16-30(17-15-29)26(32)22-12-5-6-13-23(22)27/h2-13,18,24H,14-17H2,1H3,(H,28,31). The van der Waals surface area contributed by atoms with Gasteiger partial charge in [-0.25, -0.2) is 0 Å². The van der Waals surface area contributed by atoms with Crippen LogP contribution in [0.1, 0.15) is 22.0 Å². The summed E-state index contributed by atoms with van der Waals surface area (Å²) in [6.45, 7) is 2.17. The number of piperazine rings is 1. The SMILES string of the molecule is COc1cccc(NC(=O)C(c2ccccc2)N2CCN(C(=O)c3ccccc3Cl)CC2)c1. The Balaban J connectivity index is 1.50. The van der Waals surface area contributed by atoms with E-state index in [-0.39, 0.29) is 11.8 Å². The van der Waals surface area contributed by atoms with Gasteiger partial charge in [0.05, 0.1) is 17.7 Å². The molecule has 1 unspecified atom stereocenters. The van der Waals surface area contributed by atoms with Gasteiger partial charge in [-0.15, -0.1) is 0 Å². The van der Waals surface area contributed by atoms with Gasteiger partial charge >= 0.3 is 0 Å². The van der Waals surface area contributed by atoms with E-state index in [1.807, 2.05) is 60.7 Å². The van der Waals surface area contributed by atoms with Crippen LogP contribution >= 0.6 is 11.6 Å². The highest BCUT2D eigenvalue weighted by Crippen LogP contribution is 2.26. The molecule has 3 aromatic rings. The number of halogens is 1. The maximum absolute atomic E-state index is 13.4. The van der Waals surface area contributed by atoms with Crippen LogP contribution in [0.4, 0.5) is 5.69 Å². The van der Waals surface area contributed by atoms with Crippen molar-refractivity contribution >= 4 is 29.1 Å². The van der Waals surface area contributed by atoms with Crippen molar-refractivity contribution < 1.29 is 14.3 Å². The molecule has 7 heteroatoms. The van der Waals surface area contributed by atoms with Crippen LogP contribution in [0, 0.1) is 0 Å². The molecule has 33 heavy (non-hydrogen) atoms. The summed E-state index contributed by atoms with van der Waals surface area (Å²) < 4.78 is 5.27. The van der Waals surface area contributed by atoms with Crippen molar-refractivity contribution in [1.82, 2.24) is 9.80 Å². The minimum Gasteiger partial charge on any atom is -0.497 e. The number of benzene rings is 3. The summed E-state index contributed by atoms with van der Waals surface area (Å²) in [4.78, 5) is 30.2. The Morgan fingerprint density at radius 1 is 0.909 bits per heavy atom. The fourth-order valence-corrected chi connectivity index (χ4v) is 4.28. The summed E-state index contributed by atoms with van der Waals surface area (Å²) in [7, 11) is 1.59. The van der Waals surface area contributed by atoms with Crippen molar-refractivity contribution in [3.8, 4) is 5.75 Å². The number of anilines is 1. The van der Waals surface area contributed by atoms with E-state index >= 15 is 0 Å². The van der Waals surface area contributed by atoms with E-state index in [9.17, 15) is 9.59 Å². The first-order valence-electron chi connectivity index (χ1n) is 10.8. The molecule has 3 aromatic carbocycles. The molecule has 1 N–H and O–H groups in total. The molecule has 0 aliphatic carbocycles. The first-order chi connectivity index (χ1) is 16.1. The molecule has 1 heterocycles. The van der Waals surface area contributed by atoms with Crippen LogP contribution in [0.2, 0.25) is 5.02 Å². The van der Waals surface area contributed by atoms with Gasteiger partial charge in [-0.3, -0.25) is 14.5 Å². The highest BCUT2D eigenvalue weighted by molar-refractivity contribution is 6.33. The quantitative estimate of drug-likeness (QED) is 0.585. The molecule has 0 saturated carbocycles. The molecule has 0 aromatic heterocycles. The lowest BCUT2D eigenvalue weighted by molar-refractivity contribution is -0.122. The lowest BCUT2D eigenvalue weighted by atomic mass is 10.0. The number of hydrogen-bond acceptors (Lipinski definition) is 4. The monoisotopic (exact) mass is 463 g/mol. The van der Waals surface area contributed by atoms with Crippen LogP contribution in [-0.2, 0) is 4.79 Å². The predicted molar refractivity (Wildman–Crippen MR) is 130 cm³/mol. The Labute approximate surface area is 198 Å². The summed E-state index contributed by atoms with van der Waals surface area (Å²) in [5.41, 5.74) is 2.08. The van der Waals surface area contributed by atoms with E-state index in [0.717, 1.165) is 5.56 Å². The fraction of sp³-hybridized carbons (Fsp3) is 0.231. The van der Waals surface area contributed by atoms with Gasteiger partial charge in [0.1, 0.15) is 11.8 Å². The van der Waals surface area contributed by atoms with E-state index in [0.29, 0.717) is 48.2 Å². The third-order valence-electron chi connectivity index (χ3n) is 5.77. The molecule has 0 spiro atoms. The second-order valence-corrected chi connectivity index (χ2v) is 8.25. The van der Waals surface area contributed by atoms with E-state index in [2.05, 4.69) is 10.2 Å². The molecular formula is C26H26ClN3O3. The number of amides is 2. The molecule has 1 fully saturated rings. The van der Waals surface area contributed by atoms with Crippen LogP contribution in [0.5, 0.6) is 5.75 Å². The van der Waals surface area contributed by atoms with Crippen LogP contribution in [0.25, 0.3) is 0 Å². The number of methoxy groups -OCH3 is 1. The van der Waals surface area contributed by atoms with Crippen molar-refractivity contribution in [3.63, 3.8) is 0 Å². The zero-order valence-corrected chi connectivity index (χ0v) is 19.2. The van der Waals surface area contributed by atoms with Crippen molar-refractivity contribution in [1.29, 1.82) is 0 Å². The Hall–Kier alpha value is -3.35. The van der Waals surface area contributed by atoms with E-state index in [4.69, 9.17) is 16.3 Å². The second-order valence-electron chi connectivity index (χ2n) is 7.84. The van der Waals surface area contributed by atoms with E-state index in [1.165, 1.54) is 0 Å². The number of rotatable bonds is 6. The van der Waals surface area contributed by atoms with Gasteiger partial charge in [0.25, 0.3) is 5.91 Å². The molecule has 2 amide bonds. The highest BCUT2D eigenvalue weighted by atomic mass is 35.5. The first-order valence-corrected chi connectivity index (χ1v) is 11.2. The average Bonchev–Trinajstić information content (AvgIpc) is 2.85. The smallest absolute Gasteiger partial charge is 0.255 e. The maximum atomic E-state index is 13.4. The van der Waals surface area contributed by atoms with Crippen molar-refractivity contribution in [3.05, 3.63) is 95.0 Å². The van der Waals surface area contributed by atoms with Gasteiger partial charge in [0.15, 0.2) is 0 Å². The molecule has 4 rings (SSSR count). The van der Waals surface area contributed by atoms with E-state index < -0.39 is 6.04 Å². The topological polar surface area (TPSA) is 61.9 Å². The molecule has 1 aliphatic heterocycles. The zero-order valence-electron chi connectivity index (χ0n) is 18.4. The number of ether oxygens (including phenoxy) is 1. The van der Waals surface area contributed by atoms with Crippen LogP contribution in [0.15, 0.2) is 78.9 Å². The van der Waals surface area contributed by atoms with Gasteiger partial charge in [0, 0.05) is 37.9 Å². The normalized spacial score (nSPS) is 15.0. The lowest BCUT2D eigenvalue weighted by Crippen LogP contribution is -2.51. The fourth-order valence-electron chi connectivity index (χ4n) is 4.06. The number of nitrogens with one attached hydrogen (secondary N) is 1. The molecular weight excluding hydrogens is 438 g/mol. The number of nitrogens with zero attached hydrogens (tertiary/aromatic N) is 2. The van der Waals surface area contributed by atoms with Gasteiger partial charge < -0.3 is 15.0 Å². The number of hydrogen-bond donors (Lipinski definition) is 1. The average molecular weight is 464 g/mol. The molecule has 1 saturated heterocycles. The van der Waals surface area contributed by atoms with Crippen LogP contribution < -0.4 is 10.1 Å². The third-order valence-corrected chi connectivity index (χ3v) is 6.10. The highest BCUT2D eigenvalue weighted by Gasteiger charge is 2.32. The summed E-state index contributed by atoms with van der Waals surface area (Å²) in [6, 6.07) is 23.6. The first kappa shape index (κ1) is 22.8. The van der Waals surface area contributed by atoms with Crippen LogP contribution in [0.3, 0.4) is 0 Å². The molecule has 0 bridgehead atoms. The number of carbonyl (C=O) groups is 2. The van der Waals surface area contributed by atoms with E-state index in [1.54, 1.807) is 30.2 Å². The Morgan fingerprint density at radius 3 is 2.30 bits per heavy atom. The molecule has 170 valence electrons. The summed E-state index contributed by atoms with van der Waals surface area (Å²) in [6.07, 6.45) is 0. The number of carbonyl (C=O) groups excluding carboxylic acids is 2. The molecule has 1 aliphatic rings. The minimum atomic E-state index is -0.477. The van der Waals surface area contributed by atoms with Crippen LogP contribution in [-0.4, -0.2) is 54.9 Å². The Kier molecular flexibility index (Phi) is 7.27. The van der Waals surface area contributed by atoms with Gasteiger partial charge in [-0.1, -0.05) is 60.1 Å². The molecule has 0 radical (unpaired) electrons. The second kappa shape index (κ2) is 10.5. The Bertz CT molecular complexity index is 1110. The molecule has 1 atom stereocenters. The maximum Gasteiger partial charge on any atom is 0.255 e. The minimum absolute atomic E-state index is 0.0858. The zero-order chi connectivity index (χ0) is 23.2. The largest absolute Gasteiger partial charge is 0.497 e. The van der Waals surface area contributed by atoms with Gasteiger partial charge in [0.2, 0.25) is 5.91 Å².